The van der Waals surface area contributed by atoms with Gasteiger partial charge in [-0.05, 0) is 13.3 Å². The van der Waals surface area contributed by atoms with Crippen LogP contribution in [0.4, 0.5) is 13.2 Å². The van der Waals surface area contributed by atoms with Crippen LogP contribution < -0.4 is 0 Å². The summed E-state index contributed by atoms with van der Waals surface area (Å²) in [5.41, 5.74) is -0.0474. The number of hydrogen-bond acceptors (Lipinski definition) is 5. The van der Waals surface area contributed by atoms with Gasteiger partial charge in [0.1, 0.15) is 0 Å². The lowest BCUT2D eigenvalue weighted by molar-refractivity contribution is -0.138. The van der Waals surface area contributed by atoms with Crippen LogP contribution >= 0.6 is 0 Å². The van der Waals surface area contributed by atoms with E-state index in [-0.39, 0.29) is 22.6 Å². The highest BCUT2D eigenvalue weighted by Gasteiger charge is 2.49. The minimum Gasteiger partial charge on any atom is -0.481 e. The molecule has 2 atom stereocenters. The second kappa shape index (κ2) is 5.01. The van der Waals surface area contributed by atoms with Crippen LogP contribution in [0.15, 0.2) is 18.5 Å². The number of carboxylic acid groups (broad SMARTS) is 1. The number of carbonyl (C=O) groups is 1. The predicted octanol–water partition coefficient (Wildman–Crippen LogP) is 1.73. The molecule has 0 fully saturated rings. The van der Waals surface area contributed by atoms with Gasteiger partial charge in [0, 0.05) is 17.8 Å². The van der Waals surface area contributed by atoms with E-state index < -0.39 is 29.8 Å². The molecule has 0 bridgehead atoms. The molecular formula is C14H11F3N6O2. The number of nitrogens with zero attached hydrogens (tertiary/aromatic N) is 6. The largest absolute Gasteiger partial charge is 0.481 e. The number of hydrogen-bond donors (Lipinski definition) is 1. The molecular weight excluding hydrogens is 341 g/mol. The molecule has 8 nitrogen and oxygen atoms in total. The Hall–Kier alpha value is -2.98. The summed E-state index contributed by atoms with van der Waals surface area (Å²) in [6.07, 6.45) is 2.56. The van der Waals surface area contributed by atoms with Gasteiger partial charge in [0.05, 0.1) is 28.9 Å². The normalized spacial score (nSPS) is 22.7. The Labute approximate surface area is 137 Å². The maximum Gasteiger partial charge on any atom is 0.348 e. The highest BCUT2D eigenvalue weighted by atomic mass is 19.3. The molecule has 130 valence electrons. The molecule has 0 amide bonds. The number of rotatable bonds is 3. The number of fused-ring (bicyclic) bond motifs is 3. The minimum atomic E-state index is -2.92. The third-order valence-corrected chi connectivity index (χ3v) is 4.54. The third-order valence-electron chi connectivity index (χ3n) is 4.54. The van der Waals surface area contributed by atoms with Crippen molar-refractivity contribution >= 4 is 11.6 Å². The monoisotopic (exact) mass is 352 g/mol. The topological polar surface area (TPSA) is 98.2 Å². The average Bonchev–Trinajstić information content (AvgIpc) is 3.22. The third kappa shape index (κ3) is 2.11. The van der Waals surface area contributed by atoms with E-state index in [0.29, 0.717) is 11.3 Å². The zero-order valence-corrected chi connectivity index (χ0v) is 12.8. The quantitative estimate of drug-likeness (QED) is 0.771. The summed E-state index contributed by atoms with van der Waals surface area (Å²) < 4.78 is 40.4. The Balaban J connectivity index is 1.99. The van der Waals surface area contributed by atoms with Crippen molar-refractivity contribution in [3.63, 3.8) is 0 Å². The maximum atomic E-state index is 13.6. The summed E-state index contributed by atoms with van der Waals surface area (Å²) in [7, 11) is 0. The first kappa shape index (κ1) is 15.5. The molecule has 1 aliphatic rings. The van der Waals surface area contributed by atoms with Crippen LogP contribution in [0.3, 0.4) is 0 Å². The zero-order valence-electron chi connectivity index (χ0n) is 12.8. The first-order chi connectivity index (χ1) is 11.8. The van der Waals surface area contributed by atoms with Gasteiger partial charge in [-0.3, -0.25) is 4.79 Å². The first-order valence-corrected chi connectivity index (χ1v) is 7.29. The second-order valence-corrected chi connectivity index (χ2v) is 6.05. The lowest BCUT2D eigenvalue weighted by Gasteiger charge is -2.22. The fourth-order valence-electron chi connectivity index (χ4n) is 3.41. The molecule has 2 unspecified atom stereocenters. The van der Waals surface area contributed by atoms with Crippen molar-refractivity contribution in [2.24, 2.45) is 0 Å². The van der Waals surface area contributed by atoms with Crippen molar-refractivity contribution in [1.29, 1.82) is 0 Å². The first-order valence-electron chi connectivity index (χ1n) is 7.29. The average molecular weight is 352 g/mol. The lowest BCUT2D eigenvalue weighted by Crippen LogP contribution is -2.25. The summed E-state index contributed by atoms with van der Waals surface area (Å²) >= 11 is 0. The molecule has 3 heterocycles. The Morgan fingerprint density at radius 1 is 1.40 bits per heavy atom. The molecule has 1 aliphatic carbocycles. The van der Waals surface area contributed by atoms with Crippen molar-refractivity contribution in [3.8, 4) is 0 Å². The molecule has 0 saturated heterocycles. The fourth-order valence-corrected chi connectivity index (χ4v) is 3.41. The van der Waals surface area contributed by atoms with Crippen LogP contribution in [0.2, 0.25) is 0 Å². The van der Waals surface area contributed by atoms with Crippen LogP contribution in [0.5, 0.6) is 0 Å². The Kier molecular flexibility index (Phi) is 3.11. The van der Waals surface area contributed by atoms with Crippen molar-refractivity contribution in [2.45, 2.75) is 31.2 Å². The van der Waals surface area contributed by atoms with E-state index in [9.17, 15) is 23.1 Å². The van der Waals surface area contributed by atoms with E-state index in [0.717, 1.165) is 12.3 Å². The van der Waals surface area contributed by atoms with Gasteiger partial charge in [-0.25, -0.2) is 9.50 Å². The summed E-state index contributed by atoms with van der Waals surface area (Å²) in [4.78, 5) is 15.9. The summed E-state index contributed by atoms with van der Waals surface area (Å²) in [5.74, 6) is -2.82. The number of halogens is 3. The summed E-state index contributed by atoms with van der Waals surface area (Å²) in [5, 5.41) is 20.5. The molecule has 3 aromatic heterocycles. The predicted molar refractivity (Wildman–Crippen MR) is 75.7 cm³/mol. The Morgan fingerprint density at radius 2 is 2.16 bits per heavy atom. The number of alkyl halides is 2. The summed E-state index contributed by atoms with van der Waals surface area (Å²) in [6, 6.07) is 1.10. The van der Waals surface area contributed by atoms with Gasteiger partial charge in [-0.15, -0.1) is 9.90 Å². The van der Waals surface area contributed by atoms with Crippen molar-refractivity contribution < 1.29 is 23.1 Å². The summed E-state index contributed by atoms with van der Waals surface area (Å²) in [6.45, 7) is -1.28. The SMILES string of the molecule is CC1(c2cnn(C(F)F)n2)CC(C(=O)O)c2cnc3cc(F)nn3c21. The maximum absolute atomic E-state index is 13.6. The van der Waals surface area contributed by atoms with E-state index in [1.54, 1.807) is 6.92 Å². The van der Waals surface area contributed by atoms with Crippen LogP contribution in [0.1, 0.15) is 42.8 Å². The zero-order chi connectivity index (χ0) is 17.9. The minimum absolute atomic E-state index is 0.0435. The lowest BCUT2D eigenvalue weighted by atomic mass is 9.83. The van der Waals surface area contributed by atoms with E-state index in [4.69, 9.17) is 0 Å². The molecule has 0 aliphatic heterocycles. The number of aromatic nitrogens is 6. The Bertz CT molecular complexity index is 1000. The molecule has 11 heteroatoms. The molecule has 4 rings (SSSR count). The van der Waals surface area contributed by atoms with E-state index >= 15 is 0 Å². The standard InChI is InChI=1S/C14H11F3N6O2/c1-14(8-5-19-23(20-8)13(16)17)3-6(12(24)25)7-4-18-10-2-9(15)21-22(10)11(7)14/h2,4-6,13H,3H2,1H3,(H,24,25). The van der Waals surface area contributed by atoms with Crippen LogP contribution in [-0.4, -0.2) is 40.7 Å². The number of carboxylic acids is 1. The van der Waals surface area contributed by atoms with E-state index in [2.05, 4.69) is 20.3 Å². The van der Waals surface area contributed by atoms with Gasteiger partial charge in [0.25, 0.3) is 0 Å². The van der Waals surface area contributed by atoms with Gasteiger partial charge in [0.2, 0.25) is 5.95 Å². The van der Waals surface area contributed by atoms with Crippen molar-refractivity contribution in [3.05, 3.63) is 41.4 Å². The molecule has 0 spiro atoms. The molecule has 3 aromatic rings. The van der Waals surface area contributed by atoms with Gasteiger partial charge in [0.15, 0.2) is 5.65 Å². The molecule has 25 heavy (non-hydrogen) atoms. The smallest absolute Gasteiger partial charge is 0.348 e. The number of aliphatic carboxylic acids is 1. The molecule has 0 radical (unpaired) electrons. The Morgan fingerprint density at radius 3 is 2.80 bits per heavy atom. The second-order valence-electron chi connectivity index (χ2n) is 6.05. The van der Waals surface area contributed by atoms with E-state index in [1.807, 2.05) is 0 Å². The van der Waals surface area contributed by atoms with Gasteiger partial charge in [-0.2, -0.15) is 23.4 Å². The van der Waals surface area contributed by atoms with Gasteiger partial charge >= 0.3 is 12.5 Å². The van der Waals surface area contributed by atoms with Crippen molar-refractivity contribution in [1.82, 2.24) is 29.6 Å². The molecule has 0 saturated carbocycles. The molecule has 1 N–H and O–H groups in total. The van der Waals surface area contributed by atoms with Crippen molar-refractivity contribution in [2.75, 3.05) is 0 Å². The van der Waals surface area contributed by atoms with Gasteiger partial charge in [-0.1, -0.05) is 0 Å². The van der Waals surface area contributed by atoms with Crippen LogP contribution in [0.25, 0.3) is 5.65 Å². The van der Waals surface area contributed by atoms with Crippen LogP contribution in [-0.2, 0) is 10.2 Å². The van der Waals surface area contributed by atoms with E-state index in [1.165, 1.54) is 10.7 Å². The highest BCUT2D eigenvalue weighted by Crippen LogP contribution is 2.49. The highest BCUT2D eigenvalue weighted by molar-refractivity contribution is 5.79. The van der Waals surface area contributed by atoms with Crippen LogP contribution in [0, 0.1) is 5.95 Å². The molecule has 0 aromatic carbocycles. The van der Waals surface area contributed by atoms with Gasteiger partial charge < -0.3 is 5.11 Å². The fraction of sp³-hybridized carbons (Fsp3) is 0.357.